The van der Waals surface area contributed by atoms with Crippen LogP contribution in [-0.4, -0.2) is 9.55 Å². The summed E-state index contributed by atoms with van der Waals surface area (Å²) in [5.74, 6) is -0.425. The maximum Gasteiger partial charge on any atom is 0.131 e. The molecule has 138 valence electrons. The summed E-state index contributed by atoms with van der Waals surface area (Å²) in [6.45, 7) is 1.92. The molecule has 0 spiro atoms. The second kappa shape index (κ2) is 7.08. The third kappa shape index (κ3) is 3.03. The third-order valence-corrected chi connectivity index (χ3v) is 5.06. The fourth-order valence-electron chi connectivity index (χ4n) is 3.25. The summed E-state index contributed by atoms with van der Waals surface area (Å²) in [6, 6.07) is 17.6. The molecule has 0 aliphatic heterocycles. The van der Waals surface area contributed by atoms with Gasteiger partial charge in [0.15, 0.2) is 0 Å². The van der Waals surface area contributed by atoms with Gasteiger partial charge in [0.25, 0.3) is 0 Å². The fraction of sp³-hybridized carbons (Fsp3) is 0.0909. The zero-order chi connectivity index (χ0) is 19.8. The van der Waals surface area contributed by atoms with E-state index < -0.39 is 5.82 Å². The van der Waals surface area contributed by atoms with E-state index in [0.717, 1.165) is 22.3 Å². The lowest BCUT2D eigenvalue weighted by Crippen LogP contribution is -2.04. The van der Waals surface area contributed by atoms with Gasteiger partial charge in [0.1, 0.15) is 18.2 Å². The molecule has 3 aromatic carbocycles. The Kier molecular flexibility index (Phi) is 4.60. The molecule has 0 aliphatic rings. The summed E-state index contributed by atoms with van der Waals surface area (Å²) in [4.78, 5) is 4.45. The van der Waals surface area contributed by atoms with E-state index in [1.54, 1.807) is 36.7 Å². The minimum absolute atomic E-state index is 0.0841. The van der Waals surface area contributed by atoms with Crippen molar-refractivity contribution in [2.45, 2.75) is 13.0 Å². The molecule has 4 rings (SSSR count). The summed E-state index contributed by atoms with van der Waals surface area (Å²) in [6.07, 6.45) is 1.69. The number of nitrogens with zero attached hydrogens (tertiary/aromatic N) is 3. The fourth-order valence-corrected chi connectivity index (χ4v) is 3.47. The smallest absolute Gasteiger partial charge is 0.131 e. The van der Waals surface area contributed by atoms with Gasteiger partial charge in [-0.3, -0.25) is 4.57 Å². The van der Waals surface area contributed by atoms with E-state index >= 15 is 0 Å². The Bertz CT molecular complexity index is 1240. The molecule has 1 atom stereocenters. The standard InChI is InChI=1S/C22H16ClFN4/c1-13(26)14-5-8-22-21(9-14)27-12-28(22)15-6-7-20(24)17(10-15)16-3-2-4-19(23)18(16)11-25/h2-10,12-13H,26H2,1H3/t13-/m0/s1. The Morgan fingerprint density at radius 1 is 1.14 bits per heavy atom. The second-order valence-electron chi connectivity index (χ2n) is 6.59. The van der Waals surface area contributed by atoms with Gasteiger partial charge in [-0.05, 0) is 48.9 Å². The highest BCUT2D eigenvalue weighted by molar-refractivity contribution is 6.32. The van der Waals surface area contributed by atoms with Gasteiger partial charge in [0.2, 0.25) is 0 Å². The molecule has 0 saturated carbocycles. The van der Waals surface area contributed by atoms with Crippen molar-refractivity contribution in [2.24, 2.45) is 5.73 Å². The molecule has 1 aromatic heterocycles. The van der Waals surface area contributed by atoms with E-state index in [1.165, 1.54) is 6.07 Å². The van der Waals surface area contributed by atoms with Gasteiger partial charge in [-0.1, -0.05) is 29.8 Å². The van der Waals surface area contributed by atoms with Crippen molar-refractivity contribution in [3.8, 4) is 22.9 Å². The van der Waals surface area contributed by atoms with Crippen LogP contribution in [0.2, 0.25) is 5.02 Å². The number of rotatable bonds is 3. The maximum absolute atomic E-state index is 14.6. The van der Waals surface area contributed by atoms with Crippen LogP contribution < -0.4 is 5.73 Å². The van der Waals surface area contributed by atoms with Crippen LogP contribution in [0, 0.1) is 17.1 Å². The number of aromatic nitrogens is 2. The average Bonchev–Trinajstić information content (AvgIpc) is 3.11. The molecular weight excluding hydrogens is 375 g/mol. The van der Waals surface area contributed by atoms with Gasteiger partial charge in [0, 0.05) is 22.9 Å². The first-order valence-corrected chi connectivity index (χ1v) is 9.09. The number of nitrogens with two attached hydrogens (primary N) is 1. The summed E-state index contributed by atoms with van der Waals surface area (Å²) in [5, 5.41) is 9.73. The third-order valence-electron chi connectivity index (χ3n) is 4.74. The number of fused-ring (bicyclic) bond motifs is 1. The minimum atomic E-state index is -0.425. The lowest BCUT2D eigenvalue weighted by atomic mass is 9.99. The largest absolute Gasteiger partial charge is 0.324 e. The number of hydrogen-bond donors (Lipinski definition) is 1. The SMILES string of the molecule is C[C@H](N)c1ccc2c(c1)ncn2-c1ccc(F)c(-c2cccc(Cl)c2C#N)c1. The molecular formula is C22H16ClFN4. The normalized spacial score (nSPS) is 12.1. The van der Waals surface area contributed by atoms with Crippen molar-refractivity contribution in [3.05, 3.63) is 82.9 Å². The number of imidazole rings is 1. The topological polar surface area (TPSA) is 67.6 Å². The number of hydrogen-bond acceptors (Lipinski definition) is 3. The van der Waals surface area contributed by atoms with E-state index in [4.69, 9.17) is 17.3 Å². The molecule has 0 bridgehead atoms. The van der Waals surface area contributed by atoms with Crippen LogP contribution in [-0.2, 0) is 0 Å². The molecule has 2 N–H and O–H groups in total. The van der Waals surface area contributed by atoms with Gasteiger partial charge in [-0.25, -0.2) is 9.37 Å². The summed E-state index contributed by atoms with van der Waals surface area (Å²) in [5.41, 5.74) is 10.4. The van der Waals surface area contributed by atoms with E-state index in [1.807, 2.05) is 29.7 Å². The average molecular weight is 391 g/mol. The molecule has 1 heterocycles. The van der Waals surface area contributed by atoms with Crippen LogP contribution in [0.4, 0.5) is 4.39 Å². The van der Waals surface area contributed by atoms with Gasteiger partial charge >= 0.3 is 0 Å². The second-order valence-corrected chi connectivity index (χ2v) is 7.00. The van der Waals surface area contributed by atoms with Gasteiger partial charge in [0.05, 0.1) is 21.6 Å². The lowest BCUT2D eigenvalue weighted by molar-refractivity contribution is 0.631. The summed E-state index contributed by atoms with van der Waals surface area (Å²) < 4.78 is 16.5. The van der Waals surface area contributed by atoms with Crippen molar-refractivity contribution in [2.75, 3.05) is 0 Å². The van der Waals surface area contributed by atoms with Crippen LogP contribution in [0.3, 0.4) is 0 Å². The Balaban J connectivity index is 1.88. The van der Waals surface area contributed by atoms with Crippen molar-refractivity contribution < 1.29 is 4.39 Å². The Morgan fingerprint density at radius 3 is 2.71 bits per heavy atom. The predicted molar refractivity (Wildman–Crippen MR) is 109 cm³/mol. The molecule has 0 amide bonds. The van der Waals surface area contributed by atoms with Crippen molar-refractivity contribution >= 4 is 22.6 Å². The molecule has 0 saturated heterocycles. The molecule has 28 heavy (non-hydrogen) atoms. The highest BCUT2D eigenvalue weighted by Gasteiger charge is 2.15. The van der Waals surface area contributed by atoms with Gasteiger partial charge < -0.3 is 5.73 Å². The van der Waals surface area contributed by atoms with E-state index in [-0.39, 0.29) is 11.6 Å². The quantitative estimate of drug-likeness (QED) is 0.511. The van der Waals surface area contributed by atoms with Gasteiger partial charge in [-0.15, -0.1) is 0 Å². The molecule has 6 heteroatoms. The highest BCUT2D eigenvalue weighted by Crippen LogP contribution is 2.32. The molecule has 4 nitrogen and oxygen atoms in total. The van der Waals surface area contributed by atoms with Crippen LogP contribution in [0.25, 0.3) is 27.8 Å². The number of nitriles is 1. The number of benzene rings is 3. The van der Waals surface area contributed by atoms with E-state index in [0.29, 0.717) is 16.1 Å². The first-order chi connectivity index (χ1) is 13.5. The Labute approximate surface area is 166 Å². The van der Waals surface area contributed by atoms with Crippen LogP contribution in [0.5, 0.6) is 0 Å². The molecule has 0 aliphatic carbocycles. The molecule has 0 unspecified atom stereocenters. The zero-order valence-corrected chi connectivity index (χ0v) is 15.8. The van der Waals surface area contributed by atoms with Crippen molar-refractivity contribution in [1.29, 1.82) is 5.26 Å². The van der Waals surface area contributed by atoms with E-state index in [2.05, 4.69) is 11.1 Å². The Hall–Kier alpha value is -3.20. The summed E-state index contributed by atoms with van der Waals surface area (Å²) >= 11 is 6.12. The Morgan fingerprint density at radius 2 is 1.96 bits per heavy atom. The van der Waals surface area contributed by atoms with Crippen LogP contribution >= 0.6 is 11.6 Å². The number of halogens is 2. The van der Waals surface area contributed by atoms with E-state index in [9.17, 15) is 9.65 Å². The molecule has 0 radical (unpaired) electrons. The predicted octanol–water partition coefficient (Wildman–Crippen LogP) is 5.38. The zero-order valence-electron chi connectivity index (χ0n) is 15.0. The van der Waals surface area contributed by atoms with Gasteiger partial charge in [-0.2, -0.15) is 5.26 Å². The highest BCUT2D eigenvalue weighted by atomic mass is 35.5. The monoisotopic (exact) mass is 390 g/mol. The van der Waals surface area contributed by atoms with Crippen LogP contribution in [0.1, 0.15) is 24.1 Å². The first-order valence-electron chi connectivity index (χ1n) is 8.71. The first kappa shape index (κ1) is 18.2. The maximum atomic E-state index is 14.6. The van der Waals surface area contributed by atoms with Crippen molar-refractivity contribution in [3.63, 3.8) is 0 Å². The van der Waals surface area contributed by atoms with Crippen LogP contribution in [0.15, 0.2) is 60.9 Å². The molecule has 4 aromatic rings. The van der Waals surface area contributed by atoms with Crippen molar-refractivity contribution in [1.82, 2.24) is 9.55 Å². The lowest BCUT2D eigenvalue weighted by Gasteiger charge is -2.11. The minimum Gasteiger partial charge on any atom is -0.324 e. The molecule has 0 fully saturated rings. The summed E-state index contributed by atoms with van der Waals surface area (Å²) in [7, 11) is 0.